The molecule has 4 bridgehead atoms. The second-order valence-corrected chi connectivity index (χ2v) is 6.92. The molecule has 92 valence electrons. The van der Waals surface area contributed by atoms with Crippen molar-refractivity contribution in [3.63, 3.8) is 0 Å². The van der Waals surface area contributed by atoms with Crippen molar-refractivity contribution in [1.29, 1.82) is 0 Å². The van der Waals surface area contributed by atoms with Gasteiger partial charge < -0.3 is 0 Å². The smallest absolute Gasteiger partial charge is 0.0931 e. The highest BCUT2D eigenvalue weighted by Gasteiger charge is 2.43. The summed E-state index contributed by atoms with van der Waals surface area (Å²) in [5.74, 6) is 0. The highest BCUT2D eigenvalue weighted by atomic mass is 35.5. The van der Waals surface area contributed by atoms with E-state index < -0.39 is 0 Å². The van der Waals surface area contributed by atoms with Crippen LogP contribution in [0.2, 0.25) is 4.34 Å². The third kappa shape index (κ3) is 1.82. The van der Waals surface area contributed by atoms with Crippen LogP contribution < -0.4 is 0 Å². The molecular formula is C11H15ClN4S. The van der Waals surface area contributed by atoms with Gasteiger partial charge in [0, 0.05) is 11.3 Å². The third-order valence-corrected chi connectivity index (χ3v) is 5.04. The van der Waals surface area contributed by atoms with Crippen molar-refractivity contribution in [1.82, 2.24) is 19.6 Å². The molecule has 1 aromatic rings. The Labute approximate surface area is 110 Å². The van der Waals surface area contributed by atoms with Gasteiger partial charge in [-0.2, -0.15) is 0 Å². The molecule has 5 rings (SSSR count). The standard InChI is InChI=1S/C11H15ClN4S/c12-10-2-1-9(17-10)3-11-15-5-13-4-14(7-15)8-16(11)6-13/h1-2,11H,3-8H2. The van der Waals surface area contributed by atoms with E-state index in [0.717, 1.165) is 44.1 Å². The first-order chi connectivity index (χ1) is 8.28. The maximum atomic E-state index is 6.00. The average molecular weight is 271 g/mol. The monoisotopic (exact) mass is 270 g/mol. The zero-order chi connectivity index (χ0) is 11.4. The van der Waals surface area contributed by atoms with Crippen LogP contribution in [0, 0.1) is 0 Å². The summed E-state index contributed by atoms with van der Waals surface area (Å²) in [7, 11) is 0. The van der Waals surface area contributed by atoms with Crippen molar-refractivity contribution < 1.29 is 0 Å². The first-order valence-corrected chi connectivity index (χ1v) is 7.14. The summed E-state index contributed by atoms with van der Waals surface area (Å²) in [6, 6.07) is 4.18. The van der Waals surface area contributed by atoms with Crippen molar-refractivity contribution in [2.45, 2.75) is 12.6 Å². The number of hydrogen-bond donors (Lipinski definition) is 0. The normalized spacial score (nSPS) is 43.2. The zero-order valence-electron chi connectivity index (χ0n) is 9.55. The fourth-order valence-corrected chi connectivity index (χ4v) is 4.29. The summed E-state index contributed by atoms with van der Waals surface area (Å²) in [5, 5.41) is 0. The van der Waals surface area contributed by atoms with Crippen LogP contribution in [0.3, 0.4) is 0 Å². The van der Waals surface area contributed by atoms with Crippen LogP contribution in [-0.2, 0) is 6.42 Å². The Bertz CT molecular complexity index is 407. The lowest BCUT2D eigenvalue weighted by Crippen LogP contribution is -2.75. The zero-order valence-corrected chi connectivity index (χ0v) is 11.1. The Morgan fingerprint density at radius 3 is 2.24 bits per heavy atom. The van der Waals surface area contributed by atoms with Crippen molar-refractivity contribution in [2.75, 3.05) is 33.3 Å². The van der Waals surface area contributed by atoms with E-state index in [9.17, 15) is 0 Å². The van der Waals surface area contributed by atoms with Crippen molar-refractivity contribution in [3.05, 3.63) is 21.3 Å². The van der Waals surface area contributed by atoms with Crippen LogP contribution >= 0.6 is 22.9 Å². The van der Waals surface area contributed by atoms with E-state index in [0.29, 0.717) is 6.17 Å². The topological polar surface area (TPSA) is 13.0 Å². The molecule has 6 heteroatoms. The summed E-state index contributed by atoms with van der Waals surface area (Å²) in [5.41, 5.74) is 0. The van der Waals surface area contributed by atoms with E-state index >= 15 is 0 Å². The molecule has 5 heterocycles. The van der Waals surface area contributed by atoms with Gasteiger partial charge in [0.05, 0.1) is 43.8 Å². The maximum Gasteiger partial charge on any atom is 0.0931 e. The molecule has 0 radical (unpaired) electrons. The SMILES string of the molecule is Clc1ccc(CC2N3CN4CN(C3)CN2C4)s1. The Hall–Kier alpha value is -0.170. The molecule has 0 atom stereocenters. The molecular weight excluding hydrogens is 256 g/mol. The van der Waals surface area contributed by atoms with Gasteiger partial charge in [0.2, 0.25) is 0 Å². The number of rotatable bonds is 2. The molecule has 0 saturated carbocycles. The van der Waals surface area contributed by atoms with Gasteiger partial charge in [-0.25, -0.2) is 0 Å². The van der Waals surface area contributed by atoms with Crippen molar-refractivity contribution >= 4 is 22.9 Å². The minimum Gasteiger partial charge on any atom is -0.264 e. The number of halogens is 1. The van der Waals surface area contributed by atoms with E-state index in [1.165, 1.54) is 4.88 Å². The van der Waals surface area contributed by atoms with E-state index in [2.05, 4.69) is 25.7 Å². The molecule has 0 unspecified atom stereocenters. The number of nitrogens with zero attached hydrogens (tertiary/aromatic N) is 4. The molecule has 17 heavy (non-hydrogen) atoms. The first kappa shape index (κ1) is 10.7. The van der Waals surface area contributed by atoms with Crippen LogP contribution in [0.5, 0.6) is 0 Å². The van der Waals surface area contributed by atoms with Crippen LogP contribution in [0.25, 0.3) is 0 Å². The Balaban J connectivity index is 1.54. The van der Waals surface area contributed by atoms with E-state index in [4.69, 9.17) is 11.6 Å². The van der Waals surface area contributed by atoms with Crippen LogP contribution in [0.4, 0.5) is 0 Å². The highest BCUT2D eigenvalue weighted by Crippen LogP contribution is 2.30. The molecule has 0 spiro atoms. The number of hydrogen-bond acceptors (Lipinski definition) is 5. The summed E-state index contributed by atoms with van der Waals surface area (Å²) >= 11 is 7.72. The Morgan fingerprint density at radius 1 is 1.06 bits per heavy atom. The molecule has 0 amide bonds. The van der Waals surface area contributed by atoms with Gasteiger partial charge in [0.1, 0.15) is 0 Å². The van der Waals surface area contributed by atoms with Gasteiger partial charge in [-0.1, -0.05) is 11.6 Å². The lowest BCUT2D eigenvalue weighted by Gasteiger charge is -2.60. The minimum absolute atomic E-state index is 0.567. The lowest BCUT2D eigenvalue weighted by atomic mass is 10.2. The molecule has 4 aliphatic heterocycles. The summed E-state index contributed by atoms with van der Waals surface area (Å²) in [6.45, 7) is 5.63. The highest BCUT2D eigenvalue weighted by molar-refractivity contribution is 7.16. The summed E-state index contributed by atoms with van der Waals surface area (Å²) in [4.78, 5) is 11.5. The predicted octanol–water partition coefficient (Wildman–Crippen LogP) is 1.31. The van der Waals surface area contributed by atoms with Gasteiger partial charge in [-0.05, 0) is 12.1 Å². The molecule has 4 saturated heterocycles. The number of thiophene rings is 1. The third-order valence-electron chi connectivity index (χ3n) is 3.78. The van der Waals surface area contributed by atoms with E-state index in [1.807, 2.05) is 6.07 Å². The quantitative estimate of drug-likeness (QED) is 0.803. The van der Waals surface area contributed by atoms with Gasteiger partial charge >= 0.3 is 0 Å². The summed E-state index contributed by atoms with van der Waals surface area (Å²) < 4.78 is 0.904. The van der Waals surface area contributed by atoms with E-state index in [-0.39, 0.29) is 0 Å². The van der Waals surface area contributed by atoms with Crippen LogP contribution in [0.1, 0.15) is 4.88 Å². The second-order valence-electron chi connectivity index (χ2n) is 5.12. The van der Waals surface area contributed by atoms with Gasteiger partial charge in [0.15, 0.2) is 0 Å². The molecule has 4 fully saturated rings. The molecule has 4 aliphatic rings. The second kappa shape index (κ2) is 3.91. The first-order valence-electron chi connectivity index (χ1n) is 5.95. The fraction of sp³-hybridized carbons (Fsp3) is 0.636. The van der Waals surface area contributed by atoms with E-state index in [1.54, 1.807) is 11.3 Å². The van der Waals surface area contributed by atoms with Gasteiger partial charge in [-0.3, -0.25) is 19.6 Å². The summed E-state index contributed by atoms with van der Waals surface area (Å²) in [6.07, 6.45) is 1.68. The average Bonchev–Trinajstić information content (AvgIpc) is 2.68. The molecule has 1 aromatic heterocycles. The van der Waals surface area contributed by atoms with Gasteiger partial charge in [-0.15, -0.1) is 11.3 Å². The fourth-order valence-electron chi connectivity index (χ4n) is 3.18. The molecule has 0 aliphatic carbocycles. The van der Waals surface area contributed by atoms with Gasteiger partial charge in [0.25, 0.3) is 0 Å². The molecule has 4 nitrogen and oxygen atoms in total. The Morgan fingerprint density at radius 2 is 1.71 bits per heavy atom. The molecule has 0 N–H and O–H groups in total. The minimum atomic E-state index is 0.567. The Kier molecular flexibility index (Phi) is 2.47. The van der Waals surface area contributed by atoms with Crippen LogP contribution in [-0.4, -0.2) is 59.1 Å². The lowest BCUT2D eigenvalue weighted by molar-refractivity contribution is -0.230. The van der Waals surface area contributed by atoms with Crippen LogP contribution in [0.15, 0.2) is 12.1 Å². The maximum absolute atomic E-state index is 6.00. The molecule has 0 aromatic carbocycles. The van der Waals surface area contributed by atoms with Crippen molar-refractivity contribution in [3.8, 4) is 0 Å². The van der Waals surface area contributed by atoms with Crippen molar-refractivity contribution in [2.24, 2.45) is 0 Å². The predicted molar refractivity (Wildman–Crippen MR) is 68.5 cm³/mol. The largest absolute Gasteiger partial charge is 0.264 e.